The van der Waals surface area contributed by atoms with E-state index in [2.05, 4.69) is 0 Å². The van der Waals surface area contributed by atoms with Gasteiger partial charge >= 0.3 is 0 Å². The molecule has 2 aliphatic rings. The van der Waals surface area contributed by atoms with Crippen LogP contribution in [0.1, 0.15) is 13.3 Å². The fraction of sp³-hybridized carbons (Fsp3) is 0.533. The lowest BCUT2D eigenvalue weighted by molar-refractivity contribution is -0.134. The third-order valence-electron chi connectivity index (χ3n) is 4.41. The molecule has 1 aromatic carbocycles. The molecule has 1 aliphatic carbocycles. The summed E-state index contributed by atoms with van der Waals surface area (Å²) in [5.74, 6) is 0.126. The highest BCUT2D eigenvalue weighted by Gasteiger charge is 2.42. The SMILES string of the molecule is C[C@@H]1C[C@@H]1C(=O)N1CCN(S(=O)(=O)c2cccc(F)c2)CC1. The minimum absolute atomic E-state index is 0.0388. The van der Waals surface area contributed by atoms with E-state index in [1.807, 2.05) is 6.92 Å². The van der Waals surface area contributed by atoms with Gasteiger partial charge in [0.25, 0.3) is 0 Å². The van der Waals surface area contributed by atoms with Gasteiger partial charge in [-0.15, -0.1) is 0 Å². The Labute approximate surface area is 129 Å². The fourth-order valence-corrected chi connectivity index (χ4v) is 4.28. The number of amides is 1. The summed E-state index contributed by atoms with van der Waals surface area (Å²) in [4.78, 5) is 13.9. The molecule has 2 fully saturated rings. The molecule has 1 saturated carbocycles. The van der Waals surface area contributed by atoms with Crippen LogP contribution in [0.15, 0.2) is 29.2 Å². The highest BCUT2D eigenvalue weighted by molar-refractivity contribution is 7.89. The second-order valence-corrected chi connectivity index (χ2v) is 7.94. The minimum atomic E-state index is -3.69. The van der Waals surface area contributed by atoms with Gasteiger partial charge in [-0.25, -0.2) is 12.8 Å². The summed E-state index contributed by atoms with van der Waals surface area (Å²) in [6, 6.07) is 5.02. The van der Waals surface area contributed by atoms with Gasteiger partial charge in [-0.3, -0.25) is 4.79 Å². The third kappa shape index (κ3) is 2.87. The minimum Gasteiger partial charge on any atom is -0.340 e. The molecule has 0 unspecified atom stereocenters. The number of nitrogens with zero attached hydrogens (tertiary/aromatic N) is 2. The lowest BCUT2D eigenvalue weighted by Crippen LogP contribution is -2.51. The van der Waals surface area contributed by atoms with Crippen molar-refractivity contribution in [2.75, 3.05) is 26.2 Å². The second-order valence-electron chi connectivity index (χ2n) is 6.01. The number of carbonyl (C=O) groups excluding carboxylic acids is 1. The number of halogens is 1. The maximum atomic E-state index is 13.2. The first-order chi connectivity index (χ1) is 10.4. The van der Waals surface area contributed by atoms with Crippen LogP contribution in [0.2, 0.25) is 0 Å². The molecule has 0 spiro atoms. The van der Waals surface area contributed by atoms with Gasteiger partial charge in [0.1, 0.15) is 5.82 Å². The lowest BCUT2D eigenvalue weighted by Gasteiger charge is -2.34. The Kier molecular flexibility index (Phi) is 3.94. The van der Waals surface area contributed by atoms with E-state index in [9.17, 15) is 17.6 Å². The van der Waals surface area contributed by atoms with E-state index in [0.717, 1.165) is 12.5 Å². The Morgan fingerprint density at radius 1 is 1.23 bits per heavy atom. The van der Waals surface area contributed by atoms with Crippen LogP contribution in [0.25, 0.3) is 0 Å². The summed E-state index contributed by atoms with van der Waals surface area (Å²) in [7, 11) is -3.69. The number of hydrogen-bond donors (Lipinski definition) is 0. The quantitative estimate of drug-likeness (QED) is 0.842. The van der Waals surface area contributed by atoms with Crippen LogP contribution in [0, 0.1) is 17.7 Å². The van der Waals surface area contributed by atoms with Crippen LogP contribution < -0.4 is 0 Å². The molecule has 1 aliphatic heterocycles. The Hall–Kier alpha value is -1.47. The van der Waals surface area contributed by atoms with Gasteiger partial charge in [0, 0.05) is 32.1 Å². The predicted octanol–water partition coefficient (Wildman–Crippen LogP) is 1.31. The molecule has 0 N–H and O–H groups in total. The number of sulfonamides is 1. The number of carbonyl (C=O) groups is 1. The zero-order chi connectivity index (χ0) is 15.9. The first kappa shape index (κ1) is 15.4. The summed E-state index contributed by atoms with van der Waals surface area (Å²) >= 11 is 0. The van der Waals surface area contributed by atoms with Crippen LogP contribution in [0.5, 0.6) is 0 Å². The fourth-order valence-electron chi connectivity index (χ4n) is 2.83. The Bertz CT molecular complexity index is 684. The second kappa shape index (κ2) is 5.62. The van der Waals surface area contributed by atoms with Crippen molar-refractivity contribution < 1.29 is 17.6 Å². The van der Waals surface area contributed by atoms with Gasteiger partial charge in [-0.2, -0.15) is 4.31 Å². The molecule has 0 aromatic heterocycles. The van der Waals surface area contributed by atoms with Gasteiger partial charge in [0.05, 0.1) is 4.90 Å². The Morgan fingerprint density at radius 3 is 2.41 bits per heavy atom. The molecule has 0 radical (unpaired) electrons. The molecule has 120 valence electrons. The largest absolute Gasteiger partial charge is 0.340 e. The zero-order valence-electron chi connectivity index (χ0n) is 12.4. The Balaban J connectivity index is 1.67. The van der Waals surface area contributed by atoms with Crippen LogP contribution in [-0.4, -0.2) is 49.7 Å². The molecule has 1 aromatic rings. The van der Waals surface area contributed by atoms with Crippen LogP contribution >= 0.6 is 0 Å². The van der Waals surface area contributed by atoms with Crippen molar-refractivity contribution in [3.05, 3.63) is 30.1 Å². The van der Waals surface area contributed by atoms with Gasteiger partial charge in [0.2, 0.25) is 15.9 Å². The summed E-state index contributed by atoms with van der Waals surface area (Å²) in [5.41, 5.74) is 0. The zero-order valence-corrected chi connectivity index (χ0v) is 13.2. The van der Waals surface area contributed by atoms with Gasteiger partial charge in [-0.05, 0) is 30.5 Å². The maximum Gasteiger partial charge on any atom is 0.243 e. The van der Waals surface area contributed by atoms with E-state index in [4.69, 9.17) is 0 Å². The van der Waals surface area contributed by atoms with Gasteiger partial charge in [-0.1, -0.05) is 13.0 Å². The Morgan fingerprint density at radius 2 is 1.86 bits per heavy atom. The third-order valence-corrected chi connectivity index (χ3v) is 6.31. The summed E-state index contributed by atoms with van der Waals surface area (Å²) in [6.45, 7) is 3.36. The topological polar surface area (TPSA) is 57.7 Å². The average molecular weight is 326 g/mol. The van der Waals surface area contributed by atoms with Crippen molar-refractivity contribution in [2.45, 2.75) is 18.2 Å². The number of rotatable bonds is 3. The average Bonchev–Trinajstić information content (AvgIpc) is 3.23. The van der Waals surface area contributed by atoms with Crippen molar-refractivity contribution in [2.24, 2.45) is 11.8 Å². The highest BCUT2D eigenvalue weighted by atomic mass is 32.2. The van der Waals surface area contributed by atoms with Crippen LogP contribution in [-0.2, 0) is 14.8 Å². The summed E-state index contributed by atoms with van der Waals surface area (Å²) in [5, 5.41) is 0. The van der Waals surface area contributed by atoms with Crippen molar-refractivity contribution in [1.29, 1.82) is 0 Å². The molecule has 1 heterocycles. The number of hydrogen-bond acceptors (Lipinski definition) is 3. The van der Waals surface area contributed by atoms with Gasteiger partial charge < -0.3 is 4.90 Å². The number of piperazine rings is 1. The standard InChI is InChI=1S/C15H19FN2O3S/c1-11-9-14(11)15(19)17-5-7-18(8-6-17)22(20,21)13-4-2-3-12(16)10-13/h2-4,10-11,14H,5-9H2,1H3/t11-,14+/m1/s1. The monoisotopic (exact) mass is 326 g/mol. The van der Waals surface area contributed by atoms with Crippen LogP contribution in [0.3, 0.4) is 0 Å². The van der Waals surface area contributed by atoms with E-state index < -0.39 is 15.8 Å². The van der Waals surface area contributed by atoms with Gasteiger partial charge in [0.15, 0.2) is 0 Å². The number of benzene rings is 1. The first-order valence-corrected chi connectivity index (χ1v) is 8.88. The van der Waals surface area contributed by atoms with E-state index in [-0.39, 0.29) is 29.8 Å². The van der Waals surface area contributed by atoms with E-state index in [1.54, 1.807) is 4.90 Å². The molecule has 1 amide bonds. The smallest absolute Gasteiger partial charge is 0.243 e. The molecule has 1 saturated heterocycles. The van der Waals surface area contributed by atoms with Crippen molar-refractivity contribution in [3.8, 4) is 0 Å². The predicted molar refractivity (Wildman–Crippen MR) is 79.0 cm³/mol. The summed E-state index contributed by atoms with van der Waals surface area (Å²) < 4.78 is 39.5. The van der Waals surface area contributed by atoms with Crippen molar-refractivity contribution in [1.82, 2.24) is 9.21 Å². The van der Waals surface area contributed by atoms with E-state index in [0.29, 0.717) is 19.0 Å². The highest BCUT2D eigenvalue weighted by Crippen LogP contribution is 2.39. The molecule has 2 atom stereocenters. The molecule has 3 rings (SSSR count). The van der Waals surface area contributed by atoms with Crippen LogP contribution in [0.4, 0.5) is 4.39 Å². The lowest BCUT2D eigenvalue weighted by atomic mass is 10.2. The molecular weight excluding hydrogens is 307 g/mol. The van der Waals surface area contributed by atoms with E-state index >= 15 is 0 Å². The molecule has 5 nitrogen and oxygen atoms in total. The van der Waals surface area contributed by atoms with Crippen molar-refractivity contribution in [3.63, 3.8) is 0 Å². The molecule has 22 heavy (non-hydrogen) atoms. The molecule has 7 heteroatoms. The normalized spacial score (nSPS) is 26.0. The molecule has 0 bridgehead atoms. The summed E-state index contributed by atoms with van der Waals surface area (Å²) in [6.07, 6.45) is 0.931. The first-order valence-electron chi connectivity index (χ1n) is 7.44. The maximum absolute atomic E-state index is 13.2. The van der Waals surface area contributed by atoms with Crippen molar-refractivity contribution >= 4 is 15.9 Å². The van der Waals surface area contributed by atoms with E-state index in [1.165, 1.54) is 22.5 Å². The molecular formula is C15H19FN2O3S.